The molecule has 128 valence electrons. The van der Waals surface area contributed by atoms with E-state index in [4.69, 9.17) is 9.47 Å². The zero-order valence-corrected chi connectivity index (χ0v) is 14.7. The lowest BCUT2D eigenvalue weighted by atomic mass is 9.94. The van der Waals surface area contributed by atoms with Crippen LogP contribution in [-0.2, 0) is 0 Å². The van der Waals surface area contributed by atoms with Gasteiger partial charge < -0.3 is 14.4 Å². The van der Waals surface area contributed by atoms with Crippen LogP contribution in [0.5, 0.6) is 11.5 Å². The Bertz CT molecular complexity index is 492. The van der Waals surface area contributed by atoms with Crippen LogP contribution in [0.2, 0.25) is 0 Å². The van der Waals surface area contributed by atoms with Crippen molar-refractivity contribution in [2.45, 2.75) is 38.8 Å². The smallest absolute Gasteiger partial charge is 0.161 e. The van der Waals surface area contributed by atoms with Crippen molar-refractivity contribution in [2.24, 2.45) is 5.92 Å². The third-order valence-corrected chi connectivity index (χ3v) is 5.18. The molecule has 4 heteroatoms. The molecule has 1 aromatic rings. The van der Waals surface area contributed by atoms with E-state index in [9.17, 15) is 0 Å². The fourth-order valence-electron chi connectivity index (χ4n) is 3.66. The second-order valence-electron chi connectivity index (χ2n) is 7.18. The van der Waals surface area contributed by atoms with Crippen molar-refractivity contribution in [3.63, 3.8) is 0 Å². The van der Waals surface area contributed by atoms with Gasteiger partial charge in [0, 0.05) is 25.7 Å². The molecule has 0 atom stereocenters. The first-order valence-electron chi connectivity index (χ1n) is 8.91. The standard InChI is InChI=1S/C19H30N2O2/c1-15(2)21-10-8-16(9-11-21)12-20-13-17(14-20)23-19-7-5-4-6-18(19)22-3/h4-7,15-17H,8-14H2,1-3H3. The molecule has 2 aliphatic rings. The number of methoxy groups -OCH3 is 1. The highest BCUT2D eigenvalue weighted by atomic mass is 16.5. The topological polar surface area (TPSA) is 24.9 Å². The van der Waals surface area contributed by atoms with Gasteiger partial charge >= 0.3 is 0 Å². The lowest BCUT2D eigenvalue weighted by molar-refractivity contribution is 0.000684. The SMILES string of the molecule is COc1ccccc1OC1CN(CC2CCN(C(C)C)CC2)C1. The largest absolute Gasteiger partial charge is 0.493 e. The van der Waals surface area contributed by atoms with Gasteiger partial charge in [-0.15, -0.1) is 0 Å². The lowest BCUT2D eigenvalue weighted by Gasteiger charge is -2.43. The summed E-state index contributed by atoms with van der Waals surface area (Å²) in [6.45, 7) is 10.4. The number of piperidine rings is 1. The van der Waals surface area contributed by atoms with Crippen LogP contribution in [0.3, 0.4) is 0 Å². The van der Waals surface area contributed by atoms with Crippen LogP contribution < -0.4 is 9.47 Å². The third kappa shape index (κ3) is 4.18. The molecule has 0 aromatic heterocycles. The summed E-state index contributed by atoms with van der Waals surface area (Å²) >= 11 is 0. The lowest BCUT2D eigenvalue weighted by Crippen LogP contribution is -2.55. The number of hydrogen-bond donors (Lipinski definition) is 0. The highest BCUT2D eigenvalue weighted by molar-refractivity contribution is 5.39. The van der Waals surface area contributed by atoms with Crippen molar-refractivity contribution in [3.05, 3.63) is 24.3 Å². The van der Waals surface area contributed by atoms with E-state index in [1.165, 1.54) is 32.5 Å². The van der Waals surface area contributed by atoms with Crippen molar-refractivity contribution in [2.75, 3.05) is 39.8 Å². The maximum absolute atomic E-state index is 6.07. The summed E-state index contributed by atoms with van der Waals surface area (Å²) in [6, 6.07) is 8.61. The van der Waals surface area contributed by atoms with Crippen molar-refractivity contribution in [3.8, 4) is 11.5 Å². The first-order chi connectivity index (χ1) is 11.2. The van der Waals surface area contributed by atoms with Crippen LogP contribution in [-0.4, -0.2) is 61.8 Å². The summed E-state index contributed by atoms with van der Waals surface area (Å²) in [4.78, 5) is 5.13. The molecule has 0 bridgehead atoms. The molecule has 0 aliphatic carbocycles. The zero-order valence-electron chi connectivity index (χ0n) is 14.7. The summed E-state index contributed by atoms with van der Waals surface area (Å²) in [5.41, 5.74) is 0. The predicted octanol–water partition coefficient (Wildman–Crippen LogP) is 2.88. The fourth-order valence-corrected chi connectivity index (χ4v) is 3.66. The quantitative estimate of drug-likeness (QED) is 0.805. The second kappa shape index (κ2) is 7.54. The Balaban J connectivity index is 1.38. The van der Waals surface area contributed by atoms with Gasteiger partial charge in [0.2, 0.25) is 0 Å². The minimum absolute atomic E-state index is 0.307. The molecule has 1 aromatic carbocycles. The van der Waals surface area contributed by atoms with Gasteiger partial charge in [-0.1, -0.05) is 12.1 Å². The minimum Gasteiger partial charge on any atom is -0.493 e. The second-order valence-corrected chi connectivity index (χ2v) is 7.18. The fraction of sp³-hybridized carbons (Fsp3) is 0.684. The van der Waals surface area contributed by atoms with E-state index in [1.807, 2.05) is 24.3 Å². The van der Waals surface area contributed by atoms with Gasteiger partial charge in [-0.2, -0.15) is 0 Å². The van der Waals surface area contributed by atoms with Crippen LogP contribution in [0.15, 0.2) is 24.3 Å². The van der Waals surface area contributed by atoms with E-state index in [0.717, 1.165) is 30.5 Å². The number of rotatable bonds is 6. The molecule has 23 heavy (non-hydrogen) atoms. The Labute approximate surface area is 140 Å². The zero-order chi connectivity index (χ0) is 16.2. The molecule has 4 nitrogen and oxygen atoms in total. The summed E-state index contributed by atoms with van der Waals surface area (Å²) < 4.78 is 11.4. The van der Waals surface area contributed by atoms with Gasteiger partial charge in [0.15, 0.2) is 11.5 Å². The summed E-state index contributed by atoms with van der Waals surface area (Å²) in [7, 11) is 1.69. The number of likely N-dealkylation sites (tertiary alicyclic amines) is 2. The Morgan fingerprint density at radius 1 is 1.09 bits per heavy atom. The molecule has 2 heterocycles. The molecule has 0 unspecified atom stereocenters. The number of nitrogens with zero attached hydrogens (tertiary/aromatic N) is 2. The number of para-hydroxylation sites is 2. The average Bonchev–Trinajstić information content (AvgIpc) is 2.53. The molecule has 2 aliphatic heterocycles. The van der Waals surface area contributed by atoms with E-state index in [2.05, 4.69) is 23.6 Å². The summed E-state index contributed by atoms with van der Waals surface area (Å²) in [5, 5.41) is 0. The Morgan fingerprint density at radius 2 is 1.74 bits per heavy atom. The van der Waals surface area contributed by atoms with Gasteiger partial charge in [0.1, 0.15) is 6.10 Å². The van der Waals surface area contributed by atoms with Crippen LogP contribution in [0.25, 0.3) is 0 Å². The number of hydrogen-bond acceptors (Lipinski definition) is 4. The molecular weight excluding hydrogens is 288 g/mol. The summed E-state index contributed by atoms with van der Waals surface area (Å²) in [6.07, 6.45) is 2.99. The van der Waals surface area contributed by atoms with E-state index >= 15 is 0 Å². The van der Waals surface area contributed by atoms with E-state index in [-0.39, 0.29) is 0 Å². The molecule has 0 amide bonds. The Morgan fingerprint density at radius 3 is 2.35 bits per heavy atom. The van der Waals surface area contributed by atoms with Gasteiger partial charge in [-0.3, -0.25) is 4.90 Å². The maximum Gasteiger partial charge on any atom is 0.161 e. The van der Waals surface area contributed by atoms with E-state index < -0.39 is 0 Å². The van der Waals surface area contributed by atoms with E-state index in [1.54, 1.807) is 7.11 Å². The Kier molecular flexibility index (Phi) is 5.44. The van der Waals surface area contributed by atoms with Crippen LogP contribution in [0.1, 0.15) is 26.7 Å². The van der Waals surface area contributed by atoms with Gasteiger partial charge in [-0.25, -0.2) is 0 Å². The monoisotopic (exact) mass is 318 g/mol. The third-order valence-electron chi connectivity index (χ3n) is 5.18. The van der Waals surface area contributed by atoms with Crippen LogP contribution in [0, 0.1) is 5.92 Å². The average molecular weight is 318 g/mol. The minimum atomic E-state index is 0.307. The number of ether oxygens (including phenoxy) is 2. The van der Waals surface area contributed by atoms with Gasteiger partial charge in [0.05, 0.1) is 7.11 Å². The molecule has 2 fully saturated rings. The molecule has 2 saturated heterocycles. The van der Waals surface area contributed by atoms with Gasteiger partial charge in [-0.05, 0) is 57.8 Å². The molecular formula is C19H30N2O2. The molecule has 0 radical (unpaired) electrons. The van der Waals surface area contributed by atoms with Crippen molar-refractivity contribution < 1.29 is 9.47 Å². The maximum atomic E-state index is 6.07. The summed E-state index contributed by atoms with van der Waals surface area (Å²) in [5.74, 6) is 2.55. The normalized spacial score (nSPS) is 21.4. The van der Waals surface area contributed by atoms with Crippen molar-refractivity contribution in [1.29, 1.82) is 0 Å². The molecule has 0 saturated carbocycles. The predicted molar refractivity (Wildman–Crippen MR) is 93.3 cm³/mol. The number of benzene rings is 1. The first-order valence-corrected chi connectivity index (χ1v) is 8.91. The van der Waals surface area contributed by atoms with Crippen molar-refractivity contribution >= 4 is 0 Å². The molecule has 0 N–H and O–H groups in total. The van der Waals surface area contributed by atoms with Crippen molar-refractivity contribution in [1.82, 2.24) is 9.80 Å². The van der Waals surface area contributed by atoms with Gasteiger partial charge in [0.25, 0.3) is 0 Å². The van der Waals surface area contributed by atoms with Crippen LogP contribution >= 0.6 is 0 Å². The first kappa shape index (κ1) is 16.6. The molecule has 0 spiro atoms. The molecule has 3 rings (SSSR count). The highest BCUT2D eigenvalue weighted by Gasteiger charge is 2.32. The highest BCUT2D eigenvalue weighted by Crippen LogP contribution is 2.29. The Hall–Kier alpha value is -1.26. The van der Waals surface area contributed by atoms with E-state index in [0.29, 0.717) is 12.1 Å². The van der Waals surface area contributed by atoms with Crippen LogP contribution in [0.4, 0.5) is 0 Å².